The standard InChI is InChI=1S/C28H30O4Si2/c1-5-13-23(14-6-1)29-27(30-24-15-7-2-8-16-24)33-21-22-34-28(31-25-17-9-3-10-18-25)32-26-19-11-4-12-20-26/h1-20,27-28H,21-22,33-34H2. The first kappa shape index (κ1) is 23.7. The van der Waals surface area contributed by atoms with Crippen LogP contribution < -0.4 is 18.9 Å². The third kappa shape index (κ3) is 8.13. The van der Waals surface area contributed by atoms with Crippen LogP contribution in [0.25, 0.3) is 0 Å². The quantitative estimate of drug-likeness (QED) is 0.151. The van der Waals surface area contributed by atoms with Crippen molar-refractivity contribution in [2.75, 3.05) is 0 Å². The number of para-hydroxylation sites is 4. The van der Waals surface area contributed by atoms with Gasteiger partial charge in [0.15, 0.2) is 0 Å². The summed E-state index contributed by atoms with van der Waals surface area (Å²) >= 11 is 0. The maximum Gasteiger partial charge on any atom is 0.212 e. The van der Waals surface area contributed by atoms with Gasteiger partial charge in [-0.1, -0.05) is 84.9 Å². The molecule has 0 atom stereocenters. The van der Waals surface area contributed by atoms with Gasteiger partial charge >= 0.3 is 0 Å². The van der Waals surface area contributed by atoms with Crippen LogP contribution in [0.4, 0.5) is 0 Å². The number of ether oxygens (including phenoxy) is 4. The van der Waals surface area contributed by atoms with Crippen molar-refractivity contribution >= 4 is 19.0 Å². The maximum atomic E-state index is 6.21. The molecule has 4 aromatic carbocycles. The third-order valence-electron chi connectivity index (χ3n) is 5.17. The van der Waals surface area contributed by atoms with Gasteiger partial charge in [0.25, 0.3) is 0 Å². The van der Waals surface area contributed by atoms with E-state index >= 15 is 0 Å². The fourth-order valence-corrected chi connectivity index (χ4v) is 7.73. The van der Waals surface area contributed by atoms with Gasteiger partial charge in [-0.2, -0.15) is 0 Å². The second kappa shape index (κ2) is 13.3. The van der Waals surface area contributed by atoms with Gasteiger partial charge in [-0.25, -0.2) is 0 Å². The smallest absolute Gasteiger partial charge is 0.212 e. The van der Waals surface area contributed by atoms with E-state index in [1.54, 1.807) is 0 Å². The third-order valence-corrected chi connectivity index (χ3v) is 9.60. The van der Waals surface area contributed by atoms with Crippen molar-refractivity contribution in [3.05, 3.63) is 121 Å². The molecule has 0 unspecified atom stereocenters. The van der Waals surface area contributed by atoms with Crippen LogP contribution in [0, 0.1) is 0 Å². The fraction of sp³-hybridized carbons (Fsp3) is 0.143. The topological polar surface area (TPSA) is 36.9 Å². The summed E-state index contributed by atoms with van der Waals surface area (Å²) in [5.74, 6) is 2.91. The Morgan fingerprint density at radius 2 is 0.618 bits per heavy atom. The van der Waals surface area contributed by atoms with Gasteiger partial charge in [0, 0.05) is 0 Å². The van der Waals surface area contributed by atoms with E-state index in [-0.39, 0.29) is 11.8 Å². The van der Waals surface area contributed by atoms with Crippen LogP contribution in [-0.4, -0.2) is 30.9 Å². The van der Waals surface area contributed by atoms with E-state index < -0.39 is 19.0 Å². The Hall–Kier alpha value is -3.49. The van der Waals surface area contributed by atoms with Gasteiger partial charge < -0.3 is 18.9 Å². The van der Waals surface area contributed by atoms with E-state index in [0.717, 1.165) is 35.1 Å². The van der Waals surface area contributed by atoms with Gasteiger partial charge in [0.05, 0.1) is 0 Å². The highest BCUT2D eigenvalue weighted by Crippen LogP contribution is 2.18. The lowest BCUT2D eigenvalue weighted by Gasteiger charge is -2.22. The summed E-state index contributed by atoms with van der Waals surface area (Å²) in [6, 6.07) is 41.8. The summed E-state index contributed by atoms with van der Waals surface area (Å²) in [5, 5.41) is 0. The fourth-order valence-electron chi connectivity index (χ4n) is 3.51. The number of hydrogen-bond acceptors (Lipinski definition) is 4. The van der Waals surface area contributed by atoms with E-state index in [1.807, 2.05) is 121 Å². The molecule has 0 aliphatic rings. The van der Waals surface area contributed by atoms with Crippen molar-refractivity contribution in [3.8, 4) is 23.0 Å². The van der Waals surface area contributed by atoms with Crippen molar-refractivity contribution in [2.24, 2.45) is 0 Å². The molecule has 0 aromatic heterocycles. The molecule has 0 aliphatic carbocycles. The van der Waals surface area contributed by atoms with Gasteiger partial charge in [-0.3, -0.25) is 0 Å². The summed E-state index contributed by atoms with van der Waals surface area (Å²) in [6.07, 6.45) is 0. The van der Waals surface area contributed by atoms with Gasteiger partial charge in [-0.15, -0.1) is 0 Å². The zero-order chi connectivity index (χ0) is 23.3. The first-order chi connectivity index (χ1) is 16.8. The Morgan fingerprint density at radius 3 is 0.853 bits per heavy atom. The lowest BCUT2D eigenvalue weighted by atomic mass is 10.3. The minimum absolute atomic E-state index is 0.220. The van der Waals surface area contributed by atoms with E-state index in [4.69, 9.17) is 18.9 Å². The maximum absolute atomic E-state index is 6.21. The zero-order valence-electron chi connectivity index (χ0n) is 19.2. The van der Waals surface area contributed by atoms with Crippen LogP contribution in [0.1, 0.15) is 0 Å². The first-order valence-electron chi connectivity index (χ1n) is 11.7. The second-order valence-electron chi connectivity index (χ2n) is 7.87. The second-order valence-corrected chi connectivity index (χ2v) is 11.8. The molecule has 0 radical (unpaired) electrons. The average molecular weight is 487 g/mol. The molecule has 4 nitrogen and oxygen atoms in total. The van der Waals surface area contributed by atoms with Crippen molar-refractivity contribution in [2.45, 2.75) is 23.9 Å². The molecule has 4 aromatic rings. The van der Waals surface area contributed by atoms with Crippen LogP contribution in [0.5, 0.6) is 23.0 Å². The molecule has 0 saturated carbocycles. The predicted octanol–water partition coefficient (Wildman–Crippen LogP) is 5.04. The lowest BCUT2D eigenvalue weighted by Crippen LogP contribution is -2.33. The molecule has 0 aliphatic heterocycles. The molecule has 0 saturated heterocycles. The monoisotopic (exact) mass is 486 g/mol. The van der Waals surface area contributed by atoms with Crippen molar-refractivity contribution in [1.82, 2.24) is 0 Å². The van der Waals surface area contributed by atoms with Gasteiger partial charge in [0.2, 0.25) is 11.8 Å². The van der Waals surface area contributed by atoms with Crippen LogP contribution in [0.2, 0.25) is 12.1 Å². The summed E-state index contributed by atoms with van der Waals surface area (Å²) in [5.41, 5.74) is 0. The Balaban J connectivity index is 1.34. The number of rotatable bonds is 13. The van der Waals surface area contributed by atoms with Gasteiger partial charge in [0.1, 0.15) is 42.0 Å². The Bertz CT molecular complexity index is 895. The van der Waals surface area contributed by atoms with Crippen LogP contribution in [0.15, 0.2) is 121 Å². The van der Waals surface area contributed by atoms with Crippen LogP contribution >= 0.6 is 0 Å². The summed E-state index contributed by atoms with van der Waals surface area (Å²) in [4.78, 5) is 0. The summed E-state index contributed by atoms with van der Waals surface area (Å²) in [6.45, 7) is 0. The highest BCUT2D eigenvalue weighted by Gasteiger charge is 2.17. The Labute approximate surface area is 206 Å². The minimum Gasteiger partial charge on any atom is -0.460 e. The molecule has 174 valence electrons. The molecular formula is C28H30O4Si2. The molecule has 0 fully saturated rings. The lowest BCUT2D eigenvalue weighted by molar-refractivity contribution is 0.0716. The van der Waals surface area contributed by atoms with E-state index in [2.05, 4.69) is 0 Å². The number of benzene rings is 4. The normalized spacial score (nSPS) is 11.5. The van der Waals surface area contributed by atoms with E-state index in [1.165, 1.54) is 0 Å². The highest BCUT2D eigenvalue weighted by molar-refractivity contribution is 6.43. The van der Waals surface area contributed by atoms with E-state index in [0.29, 0.717) is 0 Å². The SMILES string of the molecule is c1ccc(OC(Oc2ccccc2)[SiH2]CC[SiH2]C(Oc2ccccc2)Oc2ccccc2)cc1. The Morgan fingerprint density at radius 1 is 0.382 bits per heavy atom. The predicted molar refractivity (Wildman–Crippen MR) is 143 cm³/mol. The molecule has 0 spiro atoms. The molecule has 0 N–H and O–H groups in total. The first-order valence-corrected chi connectivity index (χ1v) is 15.4. The van der Waals surface area contributed by atoms with E-state index in [9.17, 15) is 0 Å². The minimum atomic E-state index is -0.667. The molecule has 6 heteroatoms. The molecule has 34 heavy (non-hydrogen) atoms. The van der Waals surface area contributed by atoms with Crippen LogP contribution in [0.3, 0.4) is 0 Å². The molecule has 0 amide bonds. The van der Waals surface area contributed by atoms with Crippen molar-refractivity contribution < 1.29 is 18.9 Å². The summed E-state index contributed by atoms with van der Waals surface area (Å²) < 4.78 is 24.8. The molecule has 0 heterocycles. The largest absolute Gasteiger partial charge is 0.460 e. The number of hydrogen-bond donors (Lipinski definition) is 0. The highest BCUT2D eigenvalue weighted by atomic mass is 28.2. The zero-order valence-corrected chi connectivity index (χ0v) is 22.0. The average Bonchev–Trinajstić information content (AvgIpc) is 2.89. The Kier molecular flexibility index (Phi) is 9.24. The molecular weight excluding hydrogens is 456 g/mol. The van der Waals surface area contributed by atoms with Crippen molar-refractivity contribution in [3.63, 3.8) is 0 Å². The van der Waals surface area contributed by atoms with Crippen molar-refractivity contribution in [1.29, 1.82) is 0 Å². The molecule has 4 rings (SSSR count). The van der Waals surface area contributed by atoms with Gasteiger partial charge in [-0.05, 0) is 48.5 Å². The summed E-state index contributed by atoms with van der Waals surface area (Å²) in [7, 11) is -1.33. The van der Waals surface area contributed by atoms with Crippen LogP contribution in [-0.2, 0) is 0 Å². The molecule has 0 bridgehead atoms.